The number of primary amides is 1. The van der Waals surface area contributed by atoms with Crippen molar-refractivity contribution in [2.75, 3.05) is 7.05 Å². The van der Waals surface area contributed by atoms with Gasteiger partial charge in [0, 0.05) is 6.04 Å². The fourth-order valence-corrected chi connectivity index (χ4v) is 2.55. The maximum Gasteiger partial charge on any atom is 0.234 e. The van der Waals surface area contributed by atoms with Crippen LogP contribution in [0.15, 0.2) is 0 Å². The third-order valence-electron chi connectivity index (χ3n) is 3.67. The summed E-state index contributed by atoms with van der Waals surface area (Å²) in [5.41, 5.74) is 5.31. The number of nitrogens with zero attached hydrogens (tertiary/aromatic N) is 1. The number of likely N-dealkylation sites (tertiary alicyclic amines) is 1. The number of aldehydes is 1. The van der Waals surface area contributed by atoms with E-state index >= 15 is 0 Å². The summed E-state index contributed by atoms with van der Waals surface area (Å²) < 4.78 is 0. The van der Waals surface area contributed by atoms with Crippen molar-refractivity contribution >= 4 is 18.6 Å². The molecule has 1 heterocycles. The minimum Gasteiger partial charge on any atom is -0.368 e. The molecule has 0 aromatic heterocycles. The maximum atomic E-state index is 11.2. The molecule has 18 heavy (non-hydrogen) atoms. The van der Waals surface area contributed by atoms with Crippen LogP contribution >= 0.6 is 0 Å². The number of nitrogens with one attached hydrogen (secondary N) is 1. The van der Waals surface area contributed by atoms with E-state index in [-0.39, 0.29) is 11.9 Å². The summed E-state index contributed by atoms with van der Waals surface area (Å²) in [4.78, 5) is 34.0. The highest BCUT2D eigenvalue weighted by molar-refractivity contribution is 5.80. The molecular weight excluding hydrogens is 234 g/mol. The molecule has 0 spiro atoms. The van der Waals surface area contributed by atoms with Gasteiger partial charge in [-0.2, -0.15) is 0 Å². The summed E-state index contributed by atoms with van der Waals surface area (Å²) in [6.45, 7) is 0. The SMILES string of the molecule is CN1C(C(N)=O)CC[C@@H]1CCC[C@@H](C=O)NC=O. The van der Waals surface area contributed by atoms with Gasteiger partial charge in [-0.05, 0) is 39.2 Å². The monoisotopic (exact) mass is 255 g/mol. The van der Waals surface area contributed by atoms with Gasteiger partial charge in [0.2, 0.25) is 12.3 Å². The minimum absolute atomic E-state index is 0.162. The fraction of sp³-hybridized carbons (Fsp3) is 0.750. The minimum atomic E-state index is -0.402. The summed E-state index contributed by atoms with van der Waals surface area (Å²) >= 11 is 0. The predicted molar refractivity (Wildman–Crippen MR) is 66.7 cm³/mol. The summed E-state index contributed by atoms with van der Waals surface area (Å²) in [5.74, 6) is -0.270. The molecule has 1 unspecified atom stereocenters. The molecule has 1 rings (SSSR count). The van der Waals surface area contributed by atoms with Crippen LogP contribution in [0.4, 0.5) is 0 Å². The summed E-state index contributed by atoms with van der Waals surface area (Å²) in [6.07, 6.45) is 5.43. The second kappa shape index (κ2) is 7.10. The van der Waals surface area contributed by atoms with Gasteiger partial charge in [-0.1, -0.05) is 0 Å². The van der Waals surface area contributed by atoms with Crippen molar-refractivity contribution in [3.05, 3.63) is 0 Å². The molecule has 6 heteroatoms. The molecule has 3 atom stereocenters. The molecule has 0 aliphatic carbocycles. The van der Waals surface area contributed by atoms with Gasteiger partial charge in [0.15, 0.2) is 0 Å². The number of likely N-dealkylation sites (N-methyl/N-ethyl adjacent to an activating group) is 1. The highest BCUT2D eigenvalue weighted by Crippen LogP contribution is 2.25. The number of hydrogen-bond donors (Lipinski definition) is 2. The zero-order valence-corrected chi connectivity index (χ0v) is 10.7. The Morgan fingerprint density at radius 1 is 1.50 bits per heavy atom. The molecule has 102 valence electrons. The van der Waals surface area contributed by atoms with E-state index in [1.165, 1.54) is 0 Å². The number of carbonyl (C=O) groups excluding carboxylic acids is 3. The quantitative estimate of drug-likeness (QED) is 0.567. The van der Waals surface area contributed by atoms with Crippen LogP contribution in [-0.4, -0.2) is 48.7 Å². The molecular formula is C12H21N3O3. The van der Waals surface area contributed by atoms with E-state index < -0.39 is 6.04 Å². The van der Waals surface area contributed by atoms with Crippen molar-refractivity contribution < 1.29 is 14.4 Å². The summed E-state index contributed by atoms with van der Waals surface area (Å²) in [6, 6.07) is -0.225. The van der Waals surface area contributed by atoms with Crippen LogP contribution in [-0.2, 0) is 14.4 Å². The van der Waals surface area contributed by atoms with Crippen LogP contribution < -0.4 is 11.1 Å². The Morgan fingerprint density at radius 3 is 2.72 bits per heavy atom. The average Bonchev–Trinajstić information content (AvgIpc) is 2.70. The maximum absolute atomic E-state index is 11.2. The van der Waals surface area contributed by atoms with Gasteiger partial charge in [0.05, 0.1) is 12.1 Å². The number of amides is 2. The smallest absolute Gasteiger partial charge is 0.234 e. The van der Waals surface area contributed by atoms with Crippen molar-refractivity contribution in [1.29, 1.82) is 0 Å². The number of rotatable bonds is 8. The lowest BCUT2D eigenvalue weighted by Crippen LogP contribution is -2.41. The number of carbonyl (C=O) groups is 3. The topological polar surface area (TPSA) is 92.5 Å². The lowest BCUT2D eigenvalue weighted by molar-refractivity contribution is -0.122. The van der Waals surface area contributed by atoms with Crippen LogP contribution in [0.3, 0.4) is 0 Å². The highest BCUT2D eigenvalue weighted by Gasteiger charge is 2.33. The molecule has 0 radical (unpaired) electrons. The van der Waals surface area contributed by atoms with Gasteiger partial charge in [-0.25, -0.2) is 0 Å². The molecule has 0 aromatic rings. The van der Waals surface area contributed by atoms with E-state index in [1.807, 2.05) is 11.9 Å². The van der Waals surface area contributed by atoms with Gasteiger partial charge < -0.3 is 15.8 Å². The summed E-state index contributed by atoms with van der Waals surface area (Å²) in [5, 5.41) is 2.46. The van der Waals surface area contributed by atoms with Gasteiger partial charge >= 0.3 is 0 Å². The average molecular weight is 255 g/mol. The van der Waals surface area contributed by atoms with Gasteiger partial charge in [-0.15, -0.1) is 0 Å². The summed E-state index contributed by atoms with van der Waals surface area (Å²) in [7, 11) is 1.91. The van der Waals surface area contributed by atoms with Crippen LogP contribution in [0.25, 0.3) is 0 Å². The Morgan fingerprint density at radius 2 is 2.22 bits per heavy atom. The first-order chi connectivity index (χ1) is 8.60. The lowest BCUT2D eigenvalue weighted by atomic mass is 10.0. The largest absolute Gasteiger partial charge is 0.368 e. The van der Waals surface area contributed by atoms with Crippen molar-refractivity contribution in [3.63, 3.8) is 0 Å². The normalized spacial score (nSPS) is 25.6. The van der Waals surface area contributed by atoms with E-state index in [2.05, 4.69) is 5.32 Å². The van der Waals surface area contributed by atoms with Crippen LogP contribution in [0.2, 0.25) is 0 Å². The molecule has 6 nitrogen and oxygen atoms in total. The van der Waals surface area contributed by atoms with E-state index in [0.29, 0.717) is 18.9 Å². The van der Waals surface area contributed by atoms with Gasteiger partial charge in [-0.3, -0.25) is 14.5 Å². The Balaban J connectivity index is 2.30. The zero-order chi connectivity index (χ0) is 13.5. The van der Waals surface area contributed by atoms with E-state index in [9.17, 15) is 14.4 Å². The van der Waals surface area contributed by atoms with Crippen molar-refractivity contribution in [1.82, 2.24) is 10.2 Å². The van der Waals surface area contributed by atoms with E-state index in [0.717, 1.165) is 32.0 Å². The zero-order valence-electron chi connectivity index (χ0n) is 10.7. The second-order valence-electron chi connectivity index (χ2n) is 4.77. The molecule has 0 saturated carbocycles. The Hall–Kier alpha value is -1.43. The van der Waals surface area contributed by atoms with Crippen LogP contribution in [0.5, 0.6) is 0 Å². The van der Waals surface area contributed by atoms with Crippen molar-refractivity contribution in [3.8, 4) is 0 Å². The van der Waals surface area contributed by atoms with Gasteiger partial charge in [0.25, 0.3) is 0 Å². The molecule has 3 N–H and O–H groups in total. The van der Waals surface area contributed by atoms with Crippen molar-refractivity contribution in [2.24, 2.45) is 5.73 Å². The molecule has 0 bridgehead atoms. The Bertz CT molecular complexity index is 309. The molecule has 1 aliphatic rings. The molecule has 1 aliphatic heterocycles. The number of nitrogens with two attached hydrogens (primary N) is 1. The first kappa shape index (κ1) is 14.6. The Labute approximate surface area is 107 Å². The van der Waals surface area contributed by atoms with Crippen LogP contribution in [0, 0.1) is 0 Å². The van der Waals surface area contributed by atoms with Gasteiger partial charge in [0.1, 0.15) is 6.29 Å². The number of hydrogen-bond acceptors (Lipinski definition) is 4. The molecule has 0 aromatic carbocycles. The third-order valence-corrected chi connectivity index (χ3v) is 3.67. The van der Waals surface area contributed by atoms with E-state index in [1.54, 1.807) is 0 Å². The fourth-order valence-electron chi connectivity index (χ4n) is 2.55. The van der Waals surface area contributed by atoms with E-state index in [4.69, 9.17) is 5.73 Å². The standard InChI is InChI=1S/C12H21N3O3/c1-15-10(5-6-11(15)12(13)18)4-2-3-9(7-16)14-8-17/h7-11H,2-6H2,1H3,(H2,13,18)(H,14,17)/t9-,10-,11?/m0/s1. The second-order valence-corrected chi connectivity index (χ2v) is 4.77. The molecule has 1 saturated heterocycles. The first-order valence-electron chi connectivity index (χ1n) is 6.26. The van der Waals surface area contributed by atoms with Crippen molar-refractivity contribution in [2.45, 2.75) is 50.2 Å². The van der Waals surface area contributed by atoms with Crippen LogP contribution in [0.1, 0.15) is 32.1 Å². The predicted octanol–water partition coefficient (Wildman–Crippen LogP) is -0.582. The highest BCUT2D eigenvalue weighted by atomic mass is 16.1. The Kier molecular flexibility index (Phi) is 5.77. The molecule has 2 amide bonds. The first-order valence-corrected chi connectivity index (χ1v) is 6.26. The lowest BCUT2D eigenvalue weighted by Gasteiger charge is -2.24. The molecule has 1 fully saturated rings. The third kappa shape index (κ3) is 3.80.